The standard InChI is InChI=1S/C26H23NO4S/c1-16-6-4-7-18-19(15-32-26(16)18)20-8-5-9-21(27-20)23(29)12-11-22(28)17-10-13-24(30-2)25(14-17)31-3/h4-10,13-15H,11-12H2,1-3H3. The highest BCUT2D eigenvalue weighted by molar-refractivity contribution is 7.18. The maximum Gasteiger partial charge on any atom is 0.181 e. The van der Waals surface area contributed by atoms with Gasteiger partial charge in [0.15, 0.2) is 23.1 Å². The van der Waals surface area contributed by atoms with Crippen molar-refractivity contribution in [3.63, 3.8) is 0 Å². The number of pyridine rings is 1. The van der Waals surface area contributed by atoms with Gasteiger partial charge in [-0.2, -0.15) is 0 Å². The van der Waals surface area contributed by atoms with Gasteiger partial charge in [-0.05, 0) is 42.8 Å². The van der Waals surface area contributed by atoms with Gasteiger partial charge in [0.1, 0.15) is 5.69 Å². The minimum Gasteiger partial charge on any atom is -0.493 e. The second kappa shape index (κ2) is 9.32. The van der Waals surface area contributed by atoms with Crippen molar-refractivity contribution in [1.82, 2.24) is 4.98 Å². The molecule has 0 saturated heterocycles. The zero-order valence-electron chi connectivity index (χ0n) is 18.2. The van der Waals surface area contributed by atoms with Gasteiger partial charge in [0.25, 0.3) is 0 Å². The van der Waals surface area contributed by atoms with Crippen LogP contribution in [0.1, 0.15) is 39.3 Å². The van der Waals surface area contributed by atoms with Gasteiger partial charge >= 0.3 is 0 Å². The van der Waals surface area contributed by atoms with Gasteiger partial charge in [-0.25, -0.2) is 4.98 Å². The highest BCUT2D eigenvalue weighted by Crippen LogP contribution is 2.35. The molecule has 0 radical (unpaired) electrons. The van der Waals surface area contributed by atoms with Crippen LogP contribution in [0.15, 0.2) is 60.0 Å². The van der Waals surface area contributed by atoms with E-state index >= 15 is 0 Å². The van der Waals surface area contributed by atoms with Crippen molar-refractivity contribution in [2.24, 2.45) is 0 Å². The Balaban J connectivity index is 1.50. The third-order valence-electron chi connectivity index (χ3n) is 5.39. The molecule has 0 amide bonds. The van der Waals surface area contributed by atoms with E-state index in [0.29, 0.717) is 22.8 Å². The molecule has 0 fully saturated rings. The Hall–Kier alpha value is -3.51. The maximum atomic E-state index is 12.8. The summed E-state index contributed by atoms with van der Waals surface area (Å²) in [6, 6.07) is 16.6. The third-order valence-corrected chi connectivity index (χ3v) is 6.52. The van der Waals surface area contributed by atoms with Crippen LogP contribution >= 0.6 is 11.3 Å². The Bertz CT molecular complexity index is 1310. The fourth-order valence-electron chi connectivity index (χ4n) is 3.65. The van der Waals surface area contributed by atoms with E-state index in [9.17, 15) is 9.59 Å². The van der Waals surface area contributed by atoms with Gasteiger partial charge in [-0.1, -0.05) is 24.3 Å². The molecule has 0 aliphatic carbocycles. The van der Waals surface area contributed by atoms with Crippen LogP contribution in [-0.4, -0.2) is 30.8 Å². The number of aryl methyl sites for hydroxylation is 1. The van der Waals surface area contributed by atoms with E-state index in [1.807, 2.05) is 18.2 Å². The minimum absolute atomic E-state index is 0.0904. The second-order valence-electron chi connectivity index (χ2n) is 7.43. The molecule has 4 rings (SSSR count). The molecule has 32 heavy (non-hydrogen) atoms. The number of ether oxygens (including phenoxy) is 2. The summed E-state index contributed by atoms with van der Waals surface area (Å²) in [6.07, 6.45) is 0.188. The van der Waals surface area contributed by atoms with E-state index in [-0.39, 0.29) is 24.4 Å². The van der Waals surface area contributed by atoms with Gasteiger partial charge < -0.3 is 9.47 Å². The van der Waals surface area contributed by atoms with Gasteiger partial charge in [0.05, 0.1) is 19.9 Å². The van der Waals surface area contributed by atoms with Crippen LogP contribution in [0.2, 0.25) is 0 Å². The lowest BCUT2D eigenvalue weighted by molar-refractivity contribution is 0.0915. The van der Waals surface area contributed by atoms with Gasteiger partial charge in [0, 0.05) is 39.4 Å². The van der Waals surface area contributed by atoms with Crippen molar-refractivity contribution in [2.75, 3.05) is 14.2 Å². The molecule has 162 valence electrons. The number of carbonyl (C=O) groups is 2. The third kappa shape index (κ3) is 4.27. The van der Waals surface area contributed by atoms with Crippen LogP contribution in [0.25, 0.3) is 21.3 Å². The number of methoxy groups -OCH3 is 2. The highest BCUT2D eigenvalue weighted by Gasteiger charge is 2.16. The molecule has 0 N–H and O–H groups in total. The molecular weight excluding hydrogens is 422 g/mol. The van der Waals surface area contributed by atoms with E-state index in [0.717, 1.165) is 16.6 Å². The summed E-state index contributed by atoms with van der Waals surface area (Å²) in [6.45, 7) is 2.09. The summed E-state index contributed by atoms with van der Waals surface area (Å²) < 4.78 is 11.7. The van der Waals surface area contributed by atoms with Gasteiger partial charge in [-0.15, -0.1) is 11.3 Å². The molecule has 0 aliphatic rings. The van der Waals surface area contributed by atoms with Gasteiger partial charge in [-0.3, -0.25) is 9.59 Å². The molecule has 6 heteroatoms. The molecule has 0 aliphatic heterocycles. The Kier molecular flexibility index (Phi) is 6.32. The van der Waals surface area contributed by atoms with Crippen molar-refractivity contribution in [3.05, 3.63) is 76.8 Å². The number of hydrogen-bond acceptors (Lipinski definition) is 6. The zero-order valence-corrected chi connectivity index (χ0v) is 19.0. The molecule has 0 unspecified atom stereocenters. The van der Waals surface area contributed by atoms with Crippen LogP contribution in [-0.2, 0) is 0 Å². The molecule has 0 spiro atoms. The highest BCUT2D eigenvalue weighted by atomic mass is 32.1. The molecule has 0 saturated carbocycles. The van der Waals surface area contributed by atoms with E-state index in [4.69, 9.17) is 9.47 Å². The van der Waals surface area contributed by atoms with E-state index in [1.165, 1.54) is 17.4 Å². The Morgan fingerprint density at radius 3 is 2.44 bits per heavy atom. The SMILES string of the molecule is COc1ccc(C(=O)CCC(=O)c2cccc(-c3csc4c(C)cccc34)n2)cc1OC. The minimum atomic E-state index is -0.156. The molecule has 2 aromatic carbocycles. The second-order valence-corrected chi connectivity index (χ2v) is 8.30. The smallest absolute Gasteiger partial charge is 0.181 e. The molecule has 2 heterocycles. The molecule has 0 atom stereocenters. The summed E-state index contributed by atoms with van der Waals surface area (Å²) in [5.74, 6) is 0.751. The first-order chi connectivity index (χ1) is 15.5. The van der Waals surface area contributed by atoms with E-state index in [2.05, 4.69) is 29.4 Å². The Morgan fingerprint density at radius 2 is 1.66 bits per heavy atom. The van der Waals surface area contributed by atoms with E-state index in [1.54, 1.807) is 42.7 Å². The quantitative estimate of drug-likeness (QED) is 0.305. The molecule has 0 bridgehead atoms. The average molecular weight is 446 g/mol. The number of carbonyl (C=O) groups excluding carboxylic acids is 2. The number of aromatic nitrogens is 1. The zero-order chi connectivity index (χ0) is 22.7. The first-order valence-corrected chi connectivity index (χ1v) is 11.1. The van der Waals surface area contributed by atoms with Crippen molar-refractivity contribution in [2.45, 2.75) is 19.8 Å². The predicted octanol–water partition coefficient (Wildman–Crippen LogP) is 6.13. The molecule has 5 nitrogen and oxygen atoms in total. The summed E-state index contributed by atoms with van der Waals surface area (Å²) in [5, 5.41) is 3.21. The number of hydrogen-bond donors (Lipinski definition) is 0. The first-order valence-electron chi connectivity index (χ1n) is 10.2. The number of benzene rings is 2. The van der Waals surface area contributed by atoms with Crippen LogP contribution in [0, 0.1) is 6.92 Å². The first kappa shape index (κ1) is 21.7. The predicted molar refractivity (Wildman–Crippen MR) is 127 cm³/mol. The average Bonchev–Trinajstić information content (AvgIpc) is 3.27. The van der Waals surface area contributed by atoms with Crippen molar-refractivity contribution < 1.29 is 19.1 Å². The number of rotatable bonds is 8. The van der Waals surface area contributed by atoms with Crippen LogP contribution < -0.4 is 9.47 Å². The van der Waals surface area contributed by atoms with E-state index < -0.39 is 0 Å². The topological polar surface area (TPSA) is 65.5 Å². The fraction of sp³-hybridized carbons (Fsp3) is 0.192. The van der Waals surface area contributed by atoms with Gasteiger partial charge in [0.2, 0.25) is 0 Å². The number of ketones is 2. The summed E-state index contributed by atoms with van der Waals surface area (Å²) in [4.78, 5) is 30.0. The molecule has 2 aromatic heterocycles. The van der Waals surface area contributed by atoms with Crippen LogP contribution in [0.4, 0.5) is 0 Å². The number of nitrogens with zero attached hydrogens (tertiary/aromatic N) is 1. The number of Topliss-reactive ketones (excluding diaryl/α,β-unsaturated/α-hetero) is 2. The lowest BCUT2D eigenvalue weighted by Crippen LogP contribution is -2.07. The Labute approximate surface area is 190 Å². The normalized spacial score (nSPS) is 10.8. The lowest BCUT2D eigenvalue weighted by Gasteiger charge is -2.09. The molecule has 4 aromatic rings. The van der Waals surface area contributed by atoms with Crippen LogP contribution in [0.3, 0.4) is 0 Å². The lowest BCUT2D eigenvalue weighted by atomic mass is 10.0. The summed E-state index contributed by atoms with van der Waals surface area (Å²) >= 11 is 1.68. The van der Waals surface area contributed by atoms with Crippen molar-refractivity contribution >= 4 is 33.0 Å². The molecular formula is C26H23NO4S. The monoisotopic (exact) mass is 445 g/mol. The summed E-state index contributed by atoms with van der Waals surface area (Å²) in [5.41, 5.74) is 3.86. The largest absolute Gasteiger partial charge is 0.493 e. The maximum absolute atomic E-state index is 12.8. The van der Waals surface area contributed by atoms with Crippen molar-refractivity contribution in [1.29, 1.82) is 0 Å². The fourth-order valence-corrected chi connectivity index (χ4v) is 4.69. The number of thiophene rings is 1. The summed E-state index contributed by atoms with van der Waals surface area (Å²) in [7, 11) is 3.06. The Morgan fingerprint density at radius 1 is 0.906 bits per heavy atom. The van der Waals surface area contributed by atoms with Crippen molar-refractivity contribution in [3.8, 4) is 22.8 Å². The van der Waals surface area contributed by atoms with Crippen LogP contribution in [0.5, 0.6) is 11.5 Å². The number of fused-ring (bicyclic) bond motifs is 1.